The molecule has 1 amide bonds. The Balaban J connectivity index is 1.85. The number of nitrogens with one attached hydrogen (secondary N) is 1. The lowest BCUT2D eigenvalue weighted by atomic mass is 10.0. The molecule has 3 aromatic rings. The molecule has 0 unspecified atom stereocenters. The maximum atomic E-state index is 13.0. The van der Waals surface area contributed by atoms with Gasteiger partial charge in [-0.15, -0.1) is 0 Å². The predicted molar refractivity (Wildman–Crippen MR) is 136 cm³/mol. The minimum atomic E-state index is -0.889. The van der Waals surface area contributed by atoms with E-state index >= 15 is 0 Å². The first-order chi connectivity index (χ1) is 17.1. The average Bonchev–Trinajstić information content (AvgIpc) is 2.89. The van der Waals surface area contributed by atoms with Crippen molar-refractivity contribution < 1.29 is 33.6 Å². The van der Waals surface area contributed by atoms with Crippen LogP contribution in [0.15, 0.2) is 66.7 Å². The van der Waals surface area contributed by atoms with Gasteiger partial charge in [0.15, 0.2) is 6.10 Å². The fraction of sp³-hybridized carbons (Fsp3) is 0.308. The van der Waals surface area contributed by atoms with Crippen molar-refractivity contribution in [2.24, 2.45) is 0 Å². The van der Waals surface area contributed by atoms with Gasteiger partial charge in [-0.1, -0.05) is 54.6 Å². The quantitative estimate of drug-likeness (QED) is 0.251. The van der Waals surface area contributed by atoms with E-state index < -0.39 is 24.3 Å². The number of aliphatic hydroxyl groups excluding tert-OH is 1. The van der Waals surface area contributed by atoms with E-state index in [9.17, 15) is 14.7 Å². The summed E-state index contributed by atoms with van der Waals surface area (Å²) < 4.78 is 22.3. The number of aliphatic hydroxyl groups is 1. The summed E-state index contributed by atoms with van der Waals surface area (Å²) in [6.07, 6.45) is -1.96. The molecular formula is C26H29NO7S. The largest absolute Gasteiger partial charge is 0.491 e. The summed E-state index contributed by atoms with van der Waals surface area (Å²) >= 11 is 3.90. The number of methoxy groups -OCH3 is 1. The summed E-state index contributed by atoms with van der Waals surface area (Å²) in [6.45, 7) is -0.0414. The third kappa shape index (κ3) is 7.35. The van der Waals surface area contributed by atoms with Crippen LogP contribution < -0.4 is 10.1 Å². The molecule has 2 atom stereocenters. The highest BCUT2D eigenvalue weighted by Crippen LogP contribution is 2.33. The normalized spacial score (nSPS) is 12.5. The standard InChI is InChI=1S/C26H29NO7S/c1-31-23(13-15-33-24(29)17-35)25(20-10-4-5-12-22(20)32-16-14-28)34-26(30)27-21-11-6-8-18-7-2-3-9-19(18)21/h2-12,23,25,28,35H,13-17H2,1H3,(H,27,30)/t23-,25-/m1/s1. The van der Waals surface area contributed by atoms with Gasteiger partial charge in [0.2, 0.25) is 0 Å². The van der Waals surface area contributed by atoms with Crippen molar-refractivity contribution in [3.05, 3.63) is 72.3 Å². The van der Waals surface area contributed by atoms with Crippen LogP contribution >= 0.6 is 12.6 Å². The van der Waals surface area contributed by atoms with Crippen LogP contribution in [0.25, 0.3) is 10.8 Å². The molecule has 0 aliphatic heterocycles. The van der Waals surface area contributed by atoms with Crippen LogP contribution in [0.3, 0.4) is 0 Å². The van der Waals surface area contributed by atoms with Crippen LogP contribution in [0.5, 0.6) is 5.75 Å². The zero-order valence-corrected chi connectivity index (χ0v) is 20.3. The number of carbonyl (C=O) groups excluding carboxylic acids is 2. The van der Waals surface area contributed by atoms with Gasteiger partial charge in [-0.2, -0.15) is 12.6 Å². The molecule has 3 aromatic carbocycles. The van der Waals surface area contributed by atoms with E-state index in [-0.39, 0.29) is 32.0 Å². The van der Waals surface area contributed by atoms with Crippen molar-refractivity contribution in [2.45, 2.75) is 18.6 Å². The lowest BCUT2D eigenvalue weighted by Gasteiger charge is -2.28. The van der Waals surface area contributed by atoms with Gasteiger partial charge >= 0.3 is 12.1 Å². The van der Waals surface area contributed by atoms with Crippen LogP contribution in [0.1, 0.15) is 18.1 Å². The topological polar surface area (TPSA) is 103 Å². The van der Waals surface area contributed by atoms with E-state index in [1.165, 1.54) is 7.11 Å². The second-order valence-electron chi connectivity index (χ2n) is 7.53. The highest BCUT2D eigenvalue weighted by atomic mass is 32.1. The number of ether oxygens (including phenoxy) is 4. The fourth-order valence-electron chi connectivity index (χ4n) is 3.66. The number of benzene rings is 3. The zero-order chi connectivity index (χ0) is 25.0. The van der Waals surface area contributed by atoms with Crippen LogP contribution in [0.4, 0.5) is 10.5 Å². The summed E-state index contributed by atoms with van der Waals surface area (Å²) in [4.78, 5) is 24.6. The van der Waals surface area contributed by atoms with Gasteiger partial charge in [-0.05, 0) is 17.5 Å². The Bertz CT molecular complexity index is 1120. The van der Waals surface area contributed by atoms with E-state index in [1.807, 2.05) is 36.4 Å². The Labute approximate surface area is 209 Å². The van der Waals surface area contributed by atoms with Crippen LogP contribution in [-0.4, -0.2) is 56.0 Å². The van der Waals surface area contributed by atoms with Crippen molar-refractivity contribution in [2.75, 3.05) is 38.0 Å². The van der Waals surface area contributed by atoms with Crippen LogP contribution in [0, 0.1) is 0 Å². The molecule has 0 heterocycles. The van der Waals surface area contributed by atoms with Gasteiger partial charge < -0.3 is 24.1 Å². The highest BCUT2D eigenvalue weighted by Gasteiger charge is 2.30. The van der Waals surface area contributed by atoms with Crippen LogP contribution in [-0.2, 0) is 19.0 Å². The summed E-state index contributed by atoms with van der Waals surface area (Å²) in [5.74, 6) is -0.0528. The molecule has 8 nitrogen and oxygen atoms in total. The summed E-state index contributed by atoms with van der Waals surface area (Å²) in [5, 5.41) is 13.9. The minimum absolute atomic E-state index is 0.0388. The van der Waals surface area contributed by atoms with Gasteiger partial charge in [0.1, 0.15) is 18.5 Å². The number of amides is 1. The number of hydrogen-bond acceptors (Lipinski definition) is 8. The minimum Gasteiger partial charge on any atom is -0.491 e. The number of para-hydroxylation sites is 1. The van der Waals surface area contributed by atoms with Gasteiger partial charge in [-0.3, -0.25) is 10.1 Å². The molecule has 0 bridgehead atoms. The molecule has 0 aliphatic carbocycles. The second kappa shape index (κ2) is 13.6. The average molecular weight is 500 g/mol. The van der Waals surface area contributed by atoms with Gasteiger partial charge in [0.25, 0.3) is 0 Å². The first kappa shape index (κ1) is 26.3. The Morgan fingerprint density at radius 3 is 2.51 bits per heavy atom. The summed E-state index contributed by atoms with van der Waals surface area (Å²) in [7, 11) is 1.49. The predicted octanol–water partition coefficient (Wildman–Crippen LogP) is 4.38. The van der Waals surface area contributed by atoms with Crippen molar-refractivity contribution in [1.29, 1.82) is 0 Å². The second-order valence-corrected chi connectivity index (χ2v) is 7.85. The zero-order valence-electron chi connectivity index (χ0n) is 19.4. The Morgan fingerprint density at radius 1 is 1.00 bits per heavy atom. The number of esters is 1. The molecule has 0 radical (unpaired) electrons. The number of carbonyl (C=O) groups is 2. The number of hydrogen-bond donors (Lipinski definition) is 3. The third-order valence-corrected chi connectivity index (χ3v) is 5.53. The molecule has 35 heavy (non-hydrogen) atoms. The molecule has 3 rings (SSSR count). The van der Waals surface area contributed by atoms with Crippen molar-refractivity contribution >= 4 is 41.2 Å². The van der Waals surface area contributed by atoms with Crippen molar-refractivity contribution in [1.82, 2.24) is 0 Å². The lowest BCUT2D eigenvalue weighted by molar-refractivity contribution is -0.141. The molecule has 0 saturated carbocycles. The maximum Gasteiger partial charge on any atom is 0.412 e. The summed E-state index contributed by atoms with van der Waals surface area (Å²) in [6, 6.07) is 20.3. The van der Waals surface area contributed by atoms with E-state index in [4.69, 9.17) is 18.9 Å². The number of fused-ring (bicyclic) bond motifs is 1. The van der Waals surface area contributed by atoms with Gasteiger partial charge in [0.05, 0.1) is 24.7 Å². The van der Waals surface area contributed by atoms with Gasteiger partial charge in [0, 0.05) is 24.5 Å². The van der Waals surface area contributed by atoms with Gasteiger partial charge in [-0.25, -0.2) is 4.79 Å². The number of rotatable bonds is 12. The number of thiol groups is 1. The Morgan fingerprint density at radius 2 is 1.74 bits per heavy atom. The monoisotopic (exact) mass is 499 g/mol. The third-order valence-electron chi connectivity index (χ3n) is 5.27. The van der Waals surface area contributed by atoms with Crippen LogP contribution in [0.2, 0.25) is 0 Å². The number of anilines is 1. The molecule has 0 aromatic heterocycles. The fourth-order valence-corrected chi connectivity index (χ4v) is 3.75. The molecule has 9 heteroatoms. The molecule has 0 saturated heterocycles. The molecule has 186 valence electrons. The SMILES string of the molecule is CO[C@H](CCOC(=O)CS)[C@H](OC(=O)Nc1cccc2ccccc12)c1ccccc1OCCO. The molecule has 0 aliphatic rings. The Hall–Kier alpha value is -3.27. The van der Waals surface area contributed by atoms with E-state index in [2.05, 4.69) is 17.9 Å². The first-order valence-electron chi connectivity index (χ1n) is 11.1. The Kier molecular flexibility index (Phi) is 10.2. The molecule has 0 spiro atoms. The molecular weight excluding hydrogens is 470 g/mol. The highest BCUT2D eigenvalue weighted by molar-refractivity contribution is 7.81. The first-order valence-corrected chi connectivity index (χ1v) is 11.8. The molecule has 2 N–H and O–H groups in total. The summed E-state index contributed by atoms with van der Waals surface area (Å²) in [5.41, 5.74) is 1.16. The lowest BCUT2D eigenvalue weighted by Crippen LogP contribution is -2.30. The van der Waals surface area contributed by atoms with E-state index in [0.29, 0.717) is 17.0 Å². The van der Waals surface area contributed by atoms with E-state index in [0.717, 1.165) is 10.8 Å². The van der Waals surface area contributed by atoms with Crippen molar-refractivity contribution in [3.63, 3.8) is 0 Å². The van der Waals surface area contributed by atoms with Crippen molar-refractivity contribution in [3.8, 4) is 5.75 Å². The molecule has 0 fully saturated rings. The maximum absolute atomic E-state index is 13.0. The smallest absolute Gasteiger partial charge is 0.412 e. The van der Waals surface area contributed by atoms with E-state index in [1.54, 1.807) is 30.3 Å².